The summed E-state index contributed by atoms with van der Waals surface area (Å²) in [5.74, 6) is -0.278. The number of hydrogen-bond acceptors (Lipinski definition) is 6. The van der Waals surface area contributed by atoms with Gasteiger partial charge in [-0.1, -0.05) is 29.3 Å². The van der Waals surface area contributed by atoms with Crippen LogP contribution in [0.4, 0.5) is 10.5 Å². The maximum Gasteiger partial charge on any atom is 0.410 e. The third-order valence-electron chi connectivity index (χ3n) is 8.35. The van der Waals surface area contributed by atoms with Gasteiger partial charge < -0.3 is 19.3 Å². The van der Waals surface area contributed by atoms with E-state index in [1.807, 2.05) is 69.0 Å². The molecule has 1 amide bonds. The van der Waals surface area contributed by atoms with E-state index >= 15 is 0 Å². The van der Waals surface area contributed by atoms with Crippen LogP contribution in [0.25, 0.3) is 5.57 Å². The molecule has 0 unspecified atom stereocenters. The van der Waals surface area contributed by atoms with E-state index in [2.05, 4.69) is 21.9 Å². The summed E-state index contributed by atoms with van der Waals surface area (Å²) < 4.78 is 10.7. The summed E-state index contributed by atoms with van der Waals surface area (Å²) in [5.41, 5.74) is 5.53. The lowest BCUT2D eigenvalue weighted by molar-refractivity contribution is -0.0389. The van der Waals surface area contributed by atoms with Crippen LogP contribution in [0.3, 0.4) is 0 Å². The number of esters is 1. The maximum absolute atomic E-state index is 12.7. The number of carbonyl (C=O) groups excluding carboxylic acids is 2. The van der Waals surface area contributed by atoms with E-state index in [4.69, 9.17) is 21.1 Å². The average Bonchev–Trinajstić information content (AvgIpc) is 2.92. The van der Waals surface area contributed by atoms with E-state index in [0.717, 1.165) is 75.8 Å². The summed E-state index contributed by atoms with van der Waals surface area (Å²) in [6.45, 7) is 14.2. The third-order valence-corrected chi connectivity index (χ3v) is 8.60. The van der Waals surface area contributed by atoms with Crippen LogP contribution in [0.2, 0.25) is 5.02 Å². The lowest BCUT2D eigenvalue weighted by Gasteiger charge is -2.53. The number of nitrogens with zero attached hydrogens (tertiary/aromatic N) is 3. The van der Waals surface area contributed by atoms with Crippen molar-refractivity contribution in [2.24, 2.45) is 5.41 Å². The van der Waals surface area contributed by atoms with Crippen LogP contribution in [0.5, 0.6) is 0 Å². The Bertz CT molecular complexity index is 1270. The Labute approximate surface area is 249 Å². The molecule has 1 aliphatic carbocycles. The second-order valence-electron chi connectivity index (χ2n) is 12.6. The lowest BCUT2D eigenvalue weighted by Crippen LogP contribution is -2.60. The van der Waals surface area contributed by atoms with Gasteiger partial charge in [-0.2, -0.15) is 0 Å². The molecule has 0 atom stereocenters. The SMILES string of the molecule is CCOC(=O)c1ccc(N2CCN(CC3=C(c4ccc(Cl)cc4)CCC4(C3)CN(C(=O)OC(C)(C)C)C4)CC2)cc1. The number of halogens is 1. The monoisotopic (exact) mass is 579 g/mol. The van der Waals surface area contributed by atoms with Gasteiger partial charge in [0.2, 0.25) is 0 Å². The Hall–Kier alpha value is -3.03. The van der Waals surface area contributed by atoms with Gasteiger partial charge in [0.25, 0.3) is 0 Å². The molecule has 0 N–H and O–H groups in total. The van der Waals surface area contributed by atoms with Gasteiger partial charge in [0, 0.05) is 61.9 Å². The first-order valence-corrected chi connectivity index (χ1v) is 15.1. The number of ether oxygens (including phenoxy) is 2. The summed E-state index contributed by atoms with van der Waals surface area (Å²) in [7, 11) is 0. The minimum atomic E-state index is -0.482. The van der Waals surface area contributed by atoms with E-state index in [9.17, 15) is 9.59 Å². The molecule has 3 aliphatic rings. The van der Waals surface area contributed by atoms with E-state index in [1.54, 1.807) is 0 Å². The standard InChI is InChI=1S/C33H42ClN3O4/c1-5-40-30(38)25-8-12-28(13-9-25)36-18-16-35(17-19-36)21-26-20-33(22-37(23-33)31(39)41-32(2,3)4)15-14-29(26)24-6-10-27(34)11-7-24/h6-13H,5,14-23H2,1-4H3. The Morgan fingerprint density at radius 1 is 0.951 bits per heavy atom. The maximum atomic E-state index is 12.7. The highest BCUT2D eigenvalue weighted by Crippen LogP contribution is 2.49. The molecule has 2 heterocycles. The smallest absolute Gasteiger partial charge is 0.410 e. The predicted octanol–water partition coefficient (Wildman–Crippen LogP) is 6.51. The molecule has 2 aliphatic heterocycles. The fourth-order valence-corrected chi connectivity index (χ4v) is 6.44. The van der Waals surface area contributed by atoms with Gasteiger partial charge >= 0.3 is 12.1 Å². The Morgan fingerprint density at radius 2 is 1.61 bits per heavy atom. The zero-order chi connectivity index (χ0) is 29.2. The largest absolute Gasteiger partial charge is 0.462 e. The van der Waals surface area contributed by atoms with E-state index in [1.165, 1.54) is 16.7 Å². The molecule has 8 heteroatoms. The van der Waals surface area contributed by atoms with Gasteiger partial charge in [0.15, 0.2) is 0 Å². The van der Waals surface area contributed by atoms with Gasteiger partial charge in [0.1, 0.15) is 5.60 Å². The summed E-state index contributed by atoms with van der Waals surface area (Å²) in [5, 5.41) is 0.751. The summed E-state index contributed by atoms with van der Waals surface area (Å²) in [6, 6.07) is 16.0. The highest BCUT2D eigenvalue weighted by molar-refractivity contribution is 6.30. The number of piperazine rings is 1. The summed E-state index contributed by atoms with van der Waals surface area (Å²) in [4.78, 5) is 31.5. The number of benzene rings is 2. The van der Waals surface area contributed by atoms with Crippen LogP contribution in [-0.4, -0.2) is 79.9 Å². The molecule has 1 spiro atoms. The van der Waals surface area contributed by atoms with Crippen LogP contribution in [0.1, 0.15) is 62.9 Å². The van der Waals surface area contributed by atoms with Crippen LogP contribution in [0.15, 0.2) is 54.1 Å². The van der Waals surface area contributed by atoms with Gasteiger partial charge in [-0.3, -0.25) is 4.90 Å². The minimum absolute atomic E-state index is 0.130. The zero-order valence-electron chi connectivity index (χ0n) is 24.7. The second kappa shape index (κ2) is 12.1. The quantitative estimate of drug-likeness (QED) is 0.363. The van der Waals surface area contributed by atoms with Gasteiger partial charge in [-0.25, -0.2) is 9.59 Å². The Morgan fingerprint density at radius 3 is 2.22 bits per heavy atom. The Kier molecular flexibility index (Phi) is 8.67. The van der Waals surface area contributed by atoms with Gasteiger partial charge in [0.05, 0.1) is 12.2 Å². The molecule has 0 bridgehead atoms. The first-order chi connectivity index (χ1) is 19.5. The highest BCUT2D eigenvalue weighted by Gasteiger charge is 2.48. The number of hydrogen-bond donors (Lipinski definition) is 0. The van der Waals surface area contributed by atoms with Crippen molar-refractivity contribution in [2.45, 2.75) is 52.6 Å². The molecule has 2 saturated heterocycles. The number of rotatable bonds is 6. The highest BCUT2D eigenvalue weighted by atomic mass is 35.5. The zero-order valence-corrected chi connectivity index (χ0v) is 25.5. The van der Waals surface area contributed by atoms with E-state index in [0.29, 0.717) is 12.2 Å². The van der Waals surface area contributed by atoms with Crippen molar-refractivity contribution in [2.75, 3.05) is 57.3 Å². The van der Waals surface area contributed by atoms with Crippen molar-refractivity contribution in [1.29, 1.82) is 0 Å². The first kappa shape index (κ1) is 29.5. The lowest BCUT2D eigenvalue weighted by atomic mass is 9.66. The average molecular weight is 580 g/mol. The van der Waals surface area contributed by atoms with Crippen molar-refractivity contribution in [3.05, 3.63) is 70.3 Å². The molecule has 2 aromatic rings. The van der Waals surface area contributed by atoms with Gasteiger partial charge in [-0.15, -0.1) is 0 Å². The van der Waals surface area contributed by atoms with Crippen LogP contribution < -0.4 is 4.90 Å². The van der Waals surface area contributed by atoms with Crippen LogP contribution >= 0.6 is 11.6 Å². The molecule has 0 radical (unpaired) electrons. The number of allylic oxidation sites excluding steroid dienone is 1. The number of amides is 1. The molecular weight excluding hydrogens is 538 g/mol. The molecule has 7 nitrogen and oxygen atoms in total. The molecule has 220 valence electrons. The van der Waals surface area contributed by atoms with Crippen molar-refractivity contribution in [3.8, 4) is 0 Å². The second-order valence-corrected chi connectivity index (χ2v) is 13.1. The molecule has 0 aromatic heterocycles. The summed E-state index contributed by atoms with van der Waals surface area (Å²) >= 11 is 6.21. The molecule has 5 rings (SSSR count). The predicted molar refractivity (Wildman–Crippen MR) is 164 cm³/mol. The molecule has 41 heavy (non-hydrogen) atoms. The fraction of sp³-hybridized carbons (Fsp3) is 0.515. The molecule has 2 aromatic carbocycles. The summed E-state index contributed by atoms with van der Waals surface area (Å²) in [6.07, 6.45) is 2.87. The fourth-order valence-electron chi connectivity index (χ4n) is 6.31. The number of likely N-dealkylation sites (tertiary alicyclic amines) is 1. The normalized spacial score (nSPS) is 19.2. The van der Waals surface area contributed by atoms with Crippen molar-refractivity contribution >= 4 is 34.9 Å². The molecule has 0 saturated carbocycles. The van der Waals surface area contributed by atoms with Crippen LogP contribution in [0, 0.1) is 5.41 Å². The van der Waals surface area contributed by atoms with E-state index in [-0.39, 0.29) is 17.5 Å². The number of anilines is 1. The van der Waals surface area contributed by atoms with Crippen molar-refractivity contribution in [3.63, 3.8) is 0 Å². The minimum Gasteiger partial charge on any atom is -0.462 e. The topological polar surface area (TPSA) is 62.3 Å². The molecular formula is C33H42ClN3O4. The van der Waals surface area contributed by atoms with Gasteiger partial charge in [-0.05, 0) is 94.5 Å². The van der Waals surface area contributed by atoms with E-state index < -0.39 is 5.60 Å². The van der Waals surface area contributed by atoms with Crippen LogP contribution in [-0.2, 0) is 9.47 Å². The first-order valence-electron chi connectivity index (χ1n) is 14.7. The Balaban J connectivity index is 1.25. The third kappa shape index (κ3) is 7.07. The van der Waals surface area contributed by atoms with Crippen molar-refractivity contribution in [1.82, 2.24) is 9.80 Å². The number of carbonyl (C=O) groups is 2. The molecule has 2 fully saturated rings. The van der Waals surface area contributed by atoms with Crippen molar-refractivity contribution < 1.29 is 19.1 Å².